The van der Waals surface area contributed by atoms with Crippen LogP contribution in [0.3, 0.4) is 0 Å². The monoisotopic (exact) mass is 897 g/mol. The van der Waals surface area contributed by atoms with Crippen molar-refractivity contribution in [2.24, 2.45) is 28.3 Å². The number of unbranched alkanes of at least 4 members (excludes halogenated alkanes) is 1. The summed E-state index contributed by atoms with van der Waals surface area (Å²) in [4.78, 5) is 75.3. The van der Waals surface area contributed by atoms with E-state index in [1.807, 2.05) is 112 Å². The zero-order chi connectivity index (χ0) is 47.8. The van der Waals surface area contributed by atoms with Gasteiger partial charge in [0.25, 0.3) is 0 Å². The molecule has 3 aromatic rings. The maximum absolute atomic E-state index is 14.8. The summed E-state index contributed by atoms with van der Waals surface area (Å²) < 4.78 is 11.4. The fourth-order valence-electron chi connectivity index (χ4n) is 8.11. The lowest BCUT2D eigenvalue weighted by Gasteiger charge is -2.50. The van der Waals surface area contributed by atoms with Gasteiger partial charge in [0.15, 0.2) is 0 Å². The van der Waals surface area contributed by atoms with E-state index in [1.165, 1.54) is 11.1 Å². The van der Waals surface area contributed by atoms with Crippen LogP contribution in [0.15, 0.2) is 108 Å². The molecule has 0 radical (unpaired) electrons. The van der Waals surface area contributed by atoms with Gasteiger partial charge < -0.3 is 36.7 Å². The fraction of sp³-hybridized carbons (Fsp3) is 0.480. The highest BCUT2D eigenvalue weighted by atomic mass is 16.6. The normalized spacial score (nSPS) is 17.5. The molecule has 65 heavy (non-hydrogen) atoms. The van der Waals surface area contributed by atoms with Crippen molar-refractivity contribution in [1.29, 1.82) is 0 Å². The highest BCUT2D eigenvalue weighted by Gasteiger charge is 2.52. The average molecular weight is 897 g/mol. The van der Waals surface area contributed by atoms with Crippen LogP contribution in [-0.2, 0) is 43.4 Å². The van der Waals surface area contributed by atoms with E-state index in [4.69, 9.17) is 20.9 Å². The molecule has 0 spiro atoms. The molecule has 4 rings (SSSR count). The number of primary amides is 1. The molecular weight excluding hydrogens is 827 g/mol. The van der Waals surface area contributed by atoms with Crippen molar-refractivity contribution < 1.29 is 43.0 Å². The number of rotatable bonds is 23. The lowest BCUT2D eigenvalue weighted by Crippen LogP contribution is -2.67. The number of carbonyl (C=O) groups excluding carboxylic acids is 5. The van der Waals surface area contributed by atoms with E-state index in [1.54, 1.807) is 27.7 Å². The lowest BCUT2D eigenvalue weighted by atomic mass is 9.81. The number of aliphatic hydroxyl groups excluding tert-OH is 1. The average Bonchev–Trinajstić information content (AvgIpc) is 3.69. The Morgan fingerprint density at radius 1 is 0.831 bits per heavy atom. The number of urea groups is 1. The van der Waals surface area contributed by atoms with E-state index in [9.17, 15) is 29.1 Å². The number of ether oxygens (including phenoxy) is 2. The Morgan fingerprint density at radius 2 is 1.40 bits per heavy atom. The molecule has 1 heterocycles. The third-order valence-electron chi connectivity index (χ3n) is 11.2. The zero-order valence-corrected chi connectivity index (χ0v) is 39.1. The number of hydrogen-bond acceptors (Lipinski definition) is 10. The minimum Gasteiger partial charge on any atom is -0.444 e. The SMILES string of the molecule is CCCCC(C(=O)NCc1ccccc1)C(=O)NC[C@H](O)C(COCc1ccccc1)(CC(C)C)N(C(=O)OC(C)(C)C)[C@H](C)CC1=C[N+](C(N)=O)(C(=O)[C@@H](N)Cc2ccccc2)C=N1. The van der Waals surface area contributed by atoms with Gasteiger partial charge in [-0.25, -0.2) is 19.4 Å². The van der Waals surface area contributed by atoms with Gasteiger partial charge in [-0.15, -0.1) is 4.48 Å². The molecule has 6 atom stereocenters. The number of benzene rings is 3. The van der Waals surface area contributed by atoms with Crippen LogP contribution in [0.4, 0.5) is 9.59 Å². The van der Waals surface area contributed by atoms with Crippen LogP contribution in [0.2, 0.25) is 0 Å². The van der Waals surface area contributed by atoms with Gasteiger partial charge in [-0.2, -0.15) is 0 Å². The van der Waals surface area contributed by atoms with Crippen molar-refractivity contribution in [2.75, 3.05) is 13.2 Å². The molecule has 0 aliphatic carbocycles. The quantitative estimate of drug-likeness (QED) is 0.0520. The standard InChI is InChI=1S/C50H69N7O8/c1-8-9-25-41(44(59)53-29-38-21-15-11-16-22-38)45(60)54-30-43(58)50(28-35(2)3,33-64-32-39-23-17-12-18-24-39)56(48(63)65-49(5,6)7)36(4)26-40-31-57(34-55-40,47(52)62)46(61)42(51)27-37-19-13-10-14-20-37/h10-24,31,34-36,41-43,58H,8-9,25-30,32-33,51H2,1-7H3,(H3-,52,53,54,59,60,62)/p+1/t36-,41?,42+,43+,50?,57?/m1/s1. The van der Waals surface area contributed by atoms with Crippen LogP contribution < -0.4 is 22.1 Å². The van der Waals surface area contributed by atoms with Crippen molar-refractivity contribution in [3.8, 4) is 0 Å². The molecule has 3 aromatic carbocycles. The van der Waals surface area contributed by atoms with E-state index in [2.05, 4.69) is 15.6 Å². The third-order valence-corrected chi connectivity index (χ3v) is 11.2. The van der Waals surface area contributed by atoms with Gasteiger partial charge in [0.05, 0.1) is 24.9 Å². The van der Waals surface area contributed by atoms with Crippen molar-refractivity contribution in [3.05, 3.63) is 120 Å². The third kappa shape index (κ3) is 14.6. The summed E-state index contributed by atoms with van der Waals surface area (Å²) in [6.07, 6.45) is 2.20. The van der Waals surface area contributed by atoms with Crippen molar-refractivity contribution in [3.63, 3.8) is 0 Å². The Labute approximate surface area is 384 Å². The molecule has 7 N–H and O–H groups in total. The van der Waals surface area contributed by atoms with Crippen LogP contribution >= 0.6 is 0 Å². The van der Waals surface area contributed by atoms with Crippen LogP contribution in [-0.4, -0.2) is 93.2 Å². The first-order valence-electron chi connectivity index (χ1n) is 22.5. The predicted octanol–water partition coefficient (Wildman–Crippen LogP) is 6.48. The van der Waals surface area contributed by atoms with Gasteiger partial charge >= 0.3 is 18.0 Å². The summed E-state index contributed by atoms with van der Waals surface area (Å²) in [5.41, 5.74) is 12.5. The maximum atomic E-state index is 14.8. The molecule has 0 bridgehead atoms. The lowest BCUT2D eigenvalue weighted by molar-refractivity contribution is -0.606. The summed E-state index contributed by atoms with van der Waals surface area (Å²) in [5.74, 6) is -2.87. The van der Waals surface area contributed by atoms with E-state index >= 15 is 0 Å². The maximum Gasteiger partial charge on any atom is 0.432 e. The summed E-state index contributed by atoms with van der Waals surface area (Å²) in [6, 6.07) is 25.0. The summed E-state index contributed by atoms with van der Waals surface area (Å²) in [7, 11) is 0. The second-order valence-corrected chi connectivity index (χ2v) is 18.4. The zero-order valence-electron chi connectivity index (χ0n) is 39.1. The largest absolute Gasteiger partial charge is 0.444 e. The van der Waals surface area contributed by atoms with Crippen LogP contribution in [0.1, 0.15) is 97.3 Å². The van der Waals surface area contributed by atoms with E-state index < -0.39 is 69.6 Å². The van der Waals surface area contributed by atoms with Gasteiger partial charge in [0, 0.05) is 32.0 Å². The summed E-state index contributed by atoms with van der Waals surface area (Å²) in [5, 5.41) is 18.4. The van der Waals surface area contributed by atoms with Crippen LogP contribution in [0.5, 0.6) is 0 Å². The van der Waals surface area contributed by atoms with Gasteiger partial charge in [-0.3, -0.25) is 14.5 Å². The second-order valence-electron chi connectivity index (χ2n) is 18.4. The molecule has 15 nitrogen and oxygen atoms in total. The predicted molar refractivity (Wildman–Crippen MR) is 250 cm³/mol. The fourth-order valence-corrected chi connectivity index (χ4v) is 8.11. The Bertz CT molecular complexity index is 2090. The van der Waals surface area contributed by atoms with Gasteiger partial charge in [-0.05, 0) is 63.1 Å². The molecule has 0 aromatic heterocycles. The smallest absolute Gasteiger partial charge is 0.432 e. The number of imide groups is 1. The molecule has 6 amide bonds. The first kappa shape index (κ1) is 51.9. The molecule has 1 aliphatic heterocycles. The van der Waals surface area contributed by atoms with Crippen molar-refractivity contribution in [2.45, 2.75) is 129 Å². The Balaban J connectivity index is 1.73. The number of aliphatic imine (C=N–C) groups is 1. The van der Waals surface area contributed by atoms with Crippen molar-refractivity contribution in [1.82, 2.24) is 15.5 Å². The molecule has 3 unspecified atom stereocenters. The summed E-state index contributed by atoms with van der Waals surface area (Å²) >= 11 is 0. The number of amides is 6. The first-order valence-corrected chi connectivity index (χ1v) is 22.5. The van der Waals surface area contributed by atoms with E-state index in [-0.39, 0.29) is 63.6 Å². The highest BCUT2D eigenvalue weighted by molar-refractivity contribution is 6.00. The minimum absolute atomic E-state index is 0.0253. The molecule has 0 saturated carbocycles. The summed E-state index contributed by atoms with van der Waals surface area (Å²) in [6.45, 7) is 12.6. The van der Waals surface area contributed by atoms with Gasteiger partial charge in [0.1, 0.15) is 29.5 Å². The number of hydrogen-bond donors (Lipinski definition) is 5. The molecular formula is C50H70N7O8+. The van der Waals surface area contributed by atoms with Crippen molar-refractivity contribution >= 4 is 36.2 Å². The molecule has 352 valence electrons. The molecule has 0 fully saturated rings. The molecule has 1 aliphatic rings. The minimum atomic E-state index is -1.57. The molecule has 15 heteroatoms. The van der Waals surface area contributed by atoms with Crippen LogP contribution in [0, 0.1) is 11.8 Å². The number of nitrogens with zero attached hydrogens (tertiary/aromatic N) is 3. The Morgan fingerprint density at radius 3 is 1.95 bits per heavy atom. The first-order chi connectivity index (χ1) is 30.8. The second kappa shape index (κ2) is 24.0. The topological polar surface area (TPSA) is 216 Å². The van der Waals surface area contributed by atoms with E-state index in [0.29, 0.717) is 6.42 Å². The Hall–Kier alpha value is -5.74. The van der Waals surface area contributed by atoms with Crippen LogP contribution in [0.25, 0.3) is 0 Å². The van der Waals surface area contributed by atoms with Gasteiger partial charge in [0.2, 0.25) is 18.2 Å². The van der Waals surface area contributed by atoms with E-state index in [0.717, 1.165) is 29.4 Å². The van der Waals surface area contributed by atoms with Gasteiger partial charge in [-0.1, -0.05) is 125 Å². The molecule has 0 saturated heterocycles. The number of nitrogens with two attached hydrogens (primary N) is 2. The Kier molecular flexibility index (Phi) is 19.1. The number of aliphatic hydroxyl groups is 1. The number of quaternary nitrogens is 1. The highest BCUT2D eigenvalue weighted by Crippen LogP contribution is 2.36. The number of nitrogens with one attached hydrogen (secondary N) is 2. The number of carbonyl (C=O) groups is 5.